The van der Waals surface area contributed by atoms with Crippen LogP contribution in [0.4, 0.5) is 10.5 Å². The van der Waals surface area contributed by atoms with E-state index in [-0.39, 0.29) is 11.6 Å². The molecule has 1 aliphatic heterocycles. The number of hydrogen-bond acceptors (Lipinski definition) is 4. The molecule has 0 radical (unpaired) electrons. The normalized spacial score (nSPS) is 18.5. The third-order valence-electron chi connectivity index (χ3n) is 4.08. The second-order valence-corrected chi connectivity index (χ2v) is 5.53. The Bertz CT molecular complexity index is 727. The van der Waals surface area contributed by atoms with Crippen LogP contribution < -0.4 is 0 Å². The highest BCUT2D eigenvalue weighted by Gasteiger charge is 2.24. The van der Waals surface area contributed by atoms with E-state index in [0.29, 0.717) is 30.5 Å². The third kappa shape index (κ3) is 2.59. The van der Waals surface area contributed by atoms with Crippen molar-refractivity contribution in [1.82, 2.24) is 14.7 Å². The van der Waals surface area contributed by atoms with Gasteiger partial charge in [0.25, 0.3) is 5.69 Å². The van der Waals surface area contributed by atoms with Crippen LogP contribution in [-0.2, 0) is 6.54 Å². The zero-order valence-corrected chi connectivity index (χ0v) is 11.9. The Morgan fingerprint density at radius 3 is 3.05 bits per heavy atom. The van der Waals surface area contributed by atoms with E-state index < -0.39 is 11.0 Å². The fraction of sp³-hybridized carbons (Fsp3) is 0.429. The summed E-state index contributed by atoms with van der Waals surface area (Å²) in [6.45, 7) is 1.61. The lowest BCUT2D eigenvalue weighted by atomic mass is 9.98. The first-order valence-electron chi connectivity index (χ1n) is 7.13. The topological polar surface area (TPSA) is 102 Å². The number of carbonyl (C=O) groups is 1. The Balaban J connectivity index is 1.84. The molecular formula is C14H16N4O4. The van der Waals surface area contributed by atoms with Crippen molar-refractivity contribution in [3.8, 4) is 0 Å². The molecule has 22 heavy (non-hydrogen) atoms. The molecule has 0 bridgehead atoms. The predicted octanol–water partition coefficient (Wildman–Crippen LogP) is 2.33. The maximum absolute atomic E-state index is 11.1. The largest absolute Gasteiger partial charge is 0.465 e. The molecule has 1 aromatic heterocycles. The van der Waals surface area contributed by atoms with E-state index in [1.807, 2.05) is 0 Å². The van der Waals surface area contributed by atoms with Crippen molar-refractivity contribution >= 4 is 22.7 Å². The number of likely N-dealkylation sites (tertiary alicyclic amines) is 1. The quantitative estimate of drug-likeness (QED) is 0.692. The summed E-state index contributed by atoms with van der Waals surface area (Å²) >= 11 is 0. The first-order valence-corrected chi connectivity index (χ1v) is 7.13. The van der Waals surface area contributed by atoms with E-state index in [2.05, 4.69) is 5.10 Å². The molecule has 1 atom stereocenters. The lowest BCUT2D eigenvalue weighted by molar-refractivity contribution is -0.383. The second kappa shape index (κ2) is 5.63. The van der Waals surface area contributed by atoms with Crippen molar-refractivity contribution in [1.29, 1.82) is 0 Å². The van der Waals surface area contributed by atoms with Crippen molar-refractivity contribution in [2.45, 2.75) is 19.4 Å². The number of nitro benzene ring substituents is 1. The van der Waals surface area contributed by atoms with E-state index in [1.165, 1.54) is 17.2 Å². The van der Waals surface area contributed by atoms with Crippen molar-refractivity contribution in [3.05, 3.63) is 34.5 Å². The van der Waals surface area contributed by atoms with Gasteiger partial charge in [0.1, 0.15) is 0 Å². The number of hydrogen-bond donors (Lipinski definition) is 1. The molecule has 3 rings (SSSR count). The lowest BCUT2D eigenvalue weighted by Gasteiger charge is -2.30. The van der Waals surface area contributed by atoms with E-state index in [9.17, 15) is 14.9 Å². The zero-order valence-electron chi connectivity index (χ0n) is 11.9. The van der Waals surface area contributed by atoms with E-state index in [1.54, 1.807) is 16.8 Å². The first kappa shape index (κ1) is 14.3. The van der Waals surface area contributed by atoms with Gasteiger partial charge >= 0.3 is 6.09 Å². The van der Waals surface area contributed by atoms with Gasteiger partial charge < -0.3 is 10.0 Å². The maximum atomic E-state index is 11.1. The van der Waals surface area contributed by atoms with Gasteiger partial charge in [-0.15, -0.1) is 0 Å². The smallest absolute Gasteiger partial charge is 0.407 e. The maximum Gasteiger partial charge on any atom is 0.407 e. The molecule has 1 amide bonds. The Kier molecular flexibility index (Phi) is 3.66. The predicted molar refractivity (Wildman–Crippen MR) is 78.7 cm³/mol. The van der Waals surface area contributed by atoms with Crippen molar-refractivity contribution in [2.24, 2.45) is 5.92 Å². The average Bonchev–Trinajstić information content (AvgIpc) is 2.90. The lowest BCUT2D eigenvalue weighted by Crippen LogP contribution is -2.40. The van der Waals surface area contributed by atoms with Crippen molar-refractivity contribution in [2.75, 3.05) is 13.1 Å². The monoisotopic (exact) mass is 304 g/mol. The van der Waals surface area contributed by atoms with Crippen LogP contribution >= 0.6 is 0 Å². The number of nitrogens with zero attached hydrogens (tertiary/aromatic N) is 4. The molecule has 8 heteroatoms. The van der Waals surface area contributed by atoms with Crippen LogP contribution in [0.15, 0.2) is 24.4 Å². The van der Waals surface area contributed by atoms with Gasteiger partial charge in [0, 0.05) is 25.7 Å². The van der Waals surface area contributed by atoms with Gasteiger partial charge in [-0.25, -0.2) is 4.79 Å². The molecule has 2 heterocycles. The highest BCUT2D eigenvalue weighted by Crippen LogP contribution is 2.26. The van der Waals surface area contributed by atoms with Crippen molar-refractivity contribution < 1.29 is 14.8 Å². The molecule has 1 fully saturated rings. The van der Waals surface area contributed by atoms with Gasteiger partial charge in [-0.3, -0.25) is 14.8 Å². The van der Waals surface area contributed by atoms with Gasteiger partial charge in [-0.1, -0.05) is 6.07 Å². The number of nitro groups is 1. The number of fused-ring (bicyclic) bond motifs is 1. The van der Waals surface area contributed by atoms with E-state index in [4.69, 9.17) is 5.11 Å². The summed E-state index contributed by atoms with van der Waals surface area (Å²) in [6.07, 6.45) is 2.37. The third-order valence-corrected chi connectivity index (χ3v) is 4.08. The van der Waals surface area contributed by atoms with Crippen LogP contribution in [0, 0.1) is 16.0 Å². The molecule has 1 N–H and O–H groups in total. The molecule has 1 unspecified atom stereocenters. The SMILES string of the molecule is O=C(O)N1CCCC(Cn2ncc3c([N+](=O)[O-])cccc32)C1. The molecule has 0 aliphatic carbocycles. The van der Waals surface area contributed by atoms with Gasteiger partial charge in [0.15, 0.2) is 0 Å². The number of aromatic nitrogens is 2. The highest BCUT2D eigenvalue weighted by atomic mass is 16.6. The van der Waals surface area contributed by atoms with Crippen LogP contribution in [0.2, 0.25) is 0 Å². The standard InChI is InChI=1S/C14H16N4O4/c19-14(20)16-6-2-3-10(8-16)9-17-12-4-1-5-13(18(21)22)11(12)7-15-17/h1,4-5,7,10H,2-3,6,8-9H2,(H,19,20). The number of rotatable bonds is 3. The molecule has 0 spiro atoms. The molecule has 1 saturated heterocycles. The molecule has 1 aromatic carbocycles. The Morgan fingerprint density at radius 2 is 2.32 bits per heavy atom. The molecule has 0 saturated carbocycles. The zero-order chi connectivity index (χ0) is 15.7. The van der Waals surface area contributed by atoms with Gasteiger partial charge in [-0.05, 0) is 24.8 Å². The molecule has 2 aromatic rings. The van der Waals surface area contributed by atoms with Gasteiger partial charge in [0.2, 0.25) is 0 Å². The second-order valence-electron chi connectivity index (χ2n) is 5.53. The fourth-order valence-corrected chi connectivity index (χ4v) is 3.03. The average molecular weight is 304 g/mol. The van der Waals surface area contributed by atoms with Crippen molar-refractivity contribution in [3.63, 3.8) is 0 Å². The Hall–Kier alpha value is -2.64. The number of carboxylic acid groups (broad SMARTS) is 1. The van der Waals surface area contributed by atoms with Crippen LogP contribution in [-0.4, -0.2) is 43.9 Å². The van der Waals surface area contributed by atoms with Crippen LogP contribution in [0.1, 0.15) is 12.8 Å². The highest BCUT2D eigenvalue weighted by molar-refractivity contribution is 5.87. The van der Waals surface area contributed by atoms with E-state index in [0.717, 1.165) is 12.8 Å². The summed E-state index contributed by atoms with van der Waals surface area (Å²) in [5, 5.41) is 24.9. The Labute approximate surface area is 126 Å². The molecule has 1 aliphatic rings. The summed E-state index contributed by atoms with van der Waals surface area (Å²) in [5.41, 5.74) is 0.751. The first-order chi connectivity index (χ1) is 10.6. The van der Waals surface area contributed by atoms with Crippen LogP contribution in [0.3, 0.4) is 0 Å². The number of non-ortho nitro benzene ring substituents is 1. The number of amides is 1. The summed E-state index contributed by atoms with van der Waals surface area (Å²) in [4.78, 5) is 23.1. The molecule has 8 nitrogen and oxygen atoms in total. The minimum absolute atomic E-state index is 0.0413. The summed E-state index contributed by atoms with van der Waals surface area (Å²) in [6, 6.07) is 4.90. The van der Waals surface area contributed by atoms with Crippen LogP contribution in [0.5, 0.6) is 0 Å². The summed E-state index contributed by atoms with van der Waals surface area (Å²) in [5.74, 6) is 0.173. The summed E-state index contributed by atoms with van der Waals surface area (Å²) in [7, 11) is 0. The Morgan fingerprint density at radius 1 is 1.50 bits per heavy atom. The van der Waals surface area contributed by atoms with Gasteiger partial charge in [0.05, 0.1) is 22.0 Å². The van der Waals surface area contributed by atoms with Gasteiger partial charge in [-0.2, -0.15) is 5.10 Å². The number of piperidine rings is 1. The van der Waals surface area contributed by atoms with Crippen LogP contribution in [0.25, 0.3) is 10.9 Å². The molecular weight excluding hydrogens is 288 g/mol. The number of benzene rings is 1. The summed E-state index contributed by atoms with van der Waals surface area (Å²) < 4.78 is 1.73. The minimum Gasteiger partial charge on any atom is -0.465 e. The minimum atomic E-state index is -0.898. The van der Waals surface area contributed by atoms with E-state index >= 15 is 0 Å². The fourth-order valence-electron chi connectivity index (χ4n) is 3.03. The molecule has 116 valence electrons.